The van der Waals surface area contributed by atoms with Gasteiger partial charge in [-0.25, -0.2) is 0 Å². The maximum absolute atomic E-state index is 12.2. The lowest BCUT2D eigenvalue weighted by molar-refractivity contribution is -0.127. The Hall–Kier alpha value is -3.28. The van der Waals surface area contributed by atoms with Crippen LogP contribution in [0.25, 0.3) is 11.0 Å². The number of benzene rings is 2. The fourth-order valence-corrected chi connectivity index (χ4v) is 3.07. The van der Waals surface area contributed by atoms with Crippen molar-refractivity contribution in [2.24, 2.45) is 0 Å². The quantitative estimate of drug-likeness (QED) is 0.573. The summed E-state index contributed by atoms with van der Waals surface area (Å²) in [6.07, 6.45) is 2.64. The van der Waals surface area contributed by atoms with Crippen LogP contribution in [0.2, 0.25) is 0 Å². The van der Waals surface area contributed by atoms with Crippen LogP contribution in [0.3, 0.4) is 0 Å². The van der Waals surface area contributed by atoms with Crippen LogP contribution in [-0.4, -0.2) is 18.4 Å². The minimum atomic E-state index is -0.321. The molecule has 0 radical (unpaired) electrons. The summed E-state index contributed by atoms with van der Waals surface area (Å²) in [7, 11) is 0. The fraction of sp³-hybridized carbons (Fsp3) is 0.273. The molecule has 2 aromatic carbocycles. The van der Waals surface area contributed by atoms with Crippen LogP contribution in [0.5, 0.6) is 0 Å². The van der Waals surface area contributed by atoms with Gasteiger partial charge in [0.25, 0.3) is 5.91 Å². The minimum Gasteiger partial charge on any atom is -0.464 e. The maximum atomic E-state index is 12.2. The summed E-state index contributed by atoms with van der Waals surface area (Å²) in [6.45, 7) is 6.15. The van der Waals surface area contributed by atoms with E-state index in [-0.39, 0.29) is 24.8 Å². The van der Waals surface area contributed by atoms with E-state index in [2.05, 4.69) is 23.1 Å². The summed E-state index contributed by atoms with van der Waals surface area (Å²) in [5.74, 6) is -0.625. The van der Waals surface area contributed by atoms with Gasteiger partial charge in [-0.05, 0) is 43.5 Å². The molecule has 0 unspecified atom stereocenters. The Morgan fingerprint density at radius 2 is 1.79 bits per heavy atom. The molecule has 0 saturated carbocycles. The van der Waals surface area contributed by atoms with E-state index in [9.17, 15) is 9.59 Å². The molecule has 2 amide bonds. The van der Waals surface area contributed by atoms with Gasteiger partial charge >= 0.3 is 0 Å². The van der Waals surface area contributed by atoms with E-state index in [0.29, 0.717) is 0 Å². The van der Waals surface area contributed by atoms with Gasteiger partial charge in [0.1, 0.15) is 5.58 Å². The smallest absolute Gasteiger partial charge is 0.257 e. The first-order valence-corrected chi connectivity index (χ1v) is 9.34. The Kier molecular flexibility index (Phi) is 5.99. The zero-order chi connectivity index (χ0) is 20.1. The number of fused-ring (bicyclic) bond motifs is 1. The van der Waals surface area contributed by atoms with Gasteiger partial charge in [0, 0.05) is 16.6 Å². The predicted molar refractivity (Wildman–Crippen MR) is 110 cm³/mol. The Morgan fingerprint density at radius 3 is 2.54 bits per heavy atom. The van der Waals surface area contributed by atoms with E-state index in [4.69, 9.17) is 4.42 Å². The Morgan fingerprint density at radius 1 is 1.00 bits per heavy atom. The first kappa shape index (κ1) is 19.5. The van der Waals surface area contributed by atoms with Crippen LogP contribution in [0, 0.1) is 13.8 Å². The van der Waals surface area contributed by atoms with Crippen LogP contribution in [-0.2, 0) is 22.4 Å². The van der Waals surface area contributed by atoms with Gasteiger partial charge in [0.15, 0.2) is 0 Å². The molecular weight excluding hydrogens is 354 g/mol. The van der Waals surface area contributed by atoms with E-state index in [1.807, 2.05) is 50.2 Å². The summed E-state index contributed by atoms with van der Waals surface area (Å²) in [5.41, 5.74) is 10.7. The Labute approximate surface area is 164 Å². The first-order chi connectivity index (χ1) is 13.5. The van der Waals surface area contributed by atoms with E-state index < -0.39 is 0 Å². The van der Waals surface area contributed by atoms with Crippen molar-refractivity contribution in [3.8, 4) is 0 Å². The Balaban J connectivity index is 1.49. The molecule has 3 aromatic rings. The summed E-state index contributed by atoms with van der Waals surface area (Å²) < 4.78 is 5.55. The van der Waals surface area contributed by atoms with E-state index in [0.717, 1.165) is 39.8 Å². The van der Waals surface area contributed by atoms with Gasteiger partial charge in [0.05, 0.1) is 19.2 Å². The predicted octanol–water partition coefficient (Wildman–Crippen LogP) is 3.41. The highest BCUT2D eigenvalue weighted by molar-refractivity contribution is 5.89. The summed E-state index contributed by atoms with van der Waals surface area (Å²) in [6, 6.07) is 11.9. The molecule has 1 aromatic heterocycles. The molecule has 1 heterocycles. The molecule has 0 bridgehead atoms. The van der Waals surface area contributed by atoms with Gasteiger partial charge in [-0.3, -0.25) is 20.4 Å². The number of amides is 2. The van der Waals surface area contributed by atoms with Crippen molar-refractivity contribution in [1.29, 1.82) is 0 Å². The van der Waals surface area contributed by atoms with Crippen LogP contribution in [0.15, 0.2) is 47.1 Å². The lowest BCUT2D eigenvalue weighted by Gasteiger charge is -2.11. The second kappa shape index (κ2) is 8.61. The largest absolute Gasteiger partial charge is 0.464 e. The molecule has 0 aliphatic carbocycles. The first-order valence-electron chi connectivity index (χ1n) is 9.34. The summed E-state index contributed by atoms with van der Waals surface area (Å²) in [4.78, 5) is 24.1. The summed E-state index contributed by atoms with van der Waals surface area (Å²) >= 11 is 0. The van der Waals surface area contributed by atoms with E-state index >= 15 is 0 Å². The highest BCUT2D eigenvalue weighted by Crippen LogP contribution is 2.23. The molecular formula is C22H25N3O3. The number of hydrazine groups is 1. The fourth-order valence-electron chi connectivity index (χ4n) is 3.07. The number of rotatable bonds is 6. The normalized spacial score (nSPS) is 10.7. The van der Waals surface area contributed by atoms with Crippen molar-refractivity contribution in [3.63, 3.8) is 0 Å². The second-order valence-electron chi connectivity index (χ2n) is 6.89. The molecule has 3 N–H and O–H groups in total. The van der Waals surface area contributed by atoms with Crippen molar-refractivity contribution < 1.29 is 14.0 Å². The average molecular weight is 379 g/mol. The van der Waals surface area contributed by atoms with E-state index in [1.54, 1.807) is 6.26 Å². The monoisotopic (exact) mass is 379 g/mol. The van der Waals surface area contributed by atoms with Gasteiger partial charge < -0.3 is 9.73 Å². The number of aryl methyl sites for hydroxylation is 3. The highest BCUT2D eigenvalue weighted by atomic mass is 16.3. The summed E-state index contributed by atoms with van der Waals surface area (Å²) in [5, 5.41) is 3.98. The third-order valence-electron chi connectivity index (χ3n) is 4.64. The molecule has 6 heteroatoms. The number of carbonyl (C=O) groups is 2. The zero-order valence-corrected chi connectivity index (χ0v) is 16.4. The van der Waals surface area contributed by atoms with Crippen LogP contribution in [0.1, 0.15) is 29.2 Å². The molecule has 0 spiro atoms. The Bertz CT molecular complexity index is 1010. The SMILES string of the molecule is CCc1ccc2c(CC(=O)NNC(=O)CNc3ccc(C)cc3C)coc2c1. The van der Waals surface area contributed by atoms with E-state index in [1.165, 1.54) is 5.56 Å². The van der Waals surface area contributed by atoms with Crippen molar-refractivity contribution in [1.82, 2.24) is 10.9 Å². The standard InChI is InChI=1S/C22H25N3O3/c1-4-16-6-7-18-17(13-28-20(18)10-16)11-21(26)24-25-22(27)12-23-19-8-5-14(2)9-15(19)3/h5-10,13,23H,4,11-12H2,1-3H3,(H,24,26)(H,25,27). The van der Waals surface area contributed by atoms with Gasteiger partial charge in [-0.1, -0.05) is 36.8 Å². The maximum Gasteiger partial charge on any atom is 0.257 e. The highest BCUT2D eigenvalue weighted by Gasteiger charge is 2.12. The second-order valence-corrected chi connectivity index (χ2v) is 6.89. The van der Waals surface area contributed by atoms with Crippen molar-refractivity contribution in [2.45, 2.75) is 33.6 Å². The van der Waals surface area contributed by atoms with Gasteiger partial charge in [-0.2, -0.15) is 0 Å². The minimum absolute atomic E-state index is 0.0681. The lowest BCUT2D eigenvalue weighted by Crippen LogP contribution is -2.44. The molecule has 146 valence electrons. The number of anilines is 1. The number of furan rings is 1. The van der Waals surface area contributed by atoms with Crippen molar-refractivity contribution in [3.05, 3.63) is 64.9 Å². The third-order valence-corrected chi connectivity index (χ3v) is 4.64. The molecule has 0 fully saturated rings. The van der Waals surface area contributed by atoms with Crippen molar-refractivity contribution >= 4 is 28.5 Å². The molecule has 0 atom stereocenters. The molecule has 3 rings (SSSR count). The van der Waals surface area contributed by atoms with Crippen LogP contribution < -0.4 is 16.2 Å². The lowest BCUT2D eigenvalue weighted by atomic mass is 10.1. The van der Waals surface area contributed by atoms with Crippen LogP contribution in [0.4, 0.5) is 5.69 Å². The van der Waals surface area contributed by atoms with Gasteiger partial charge in [0.2, 0.25) is 5.91 Å². The number of carbonyl (C=O) groups excluding carboxylic acids is 2. The zero-order valence-electron chi connectivity index (χ0n) is 16.4. The number of hydrogen-bond acceptors (Lipinski definition) is 4. The topological polar surface area (TPSA) is 83.4 Å². The molecule has 6 nitrogen and oxygen atoms in total. The number of nitrogens with one attached hydrogen (secondary N) is 3. The van der Waals surface area contributed by atoms with Crippen LogP contribution >= 0.6 is 0 Å². The van der Waals surface area contributed by atoms with Crippen molar-refractivity contribution in [2.75, 3.05) is 11.9 Å². The molecule has 0 aliphatic heterocycles. The molecule has 0 aliphatic rings. The molecule has 0 saturated heterocycles. The van der Waals surface area contributed by atoms with Gasteiger partial charge in [-0.15, -0.1) is 0 Å². The molecule has 28 heavy (non-hydrogen) atoms. The third kappa shape index (κ3) is 4.71. The number of hydrogen-bond donors (Lipinski definition) is 3. The average Bonchev–Trinajstić information content (AvgIpc) is 3.07.